The zero-order valence-electron chi connectivity index (χ0n) is 14.9. The number of benzene rings is 2. The third kappa shape index (κ3) is 4.15. The Bertz CT molecular complexity index is 887. The highest BCUT2D eigenvalue weighted by molar-refractivity contribution is 5.81. The Morgan fingerprint density at radius 1 is 1.15 bits per heavy atom. The zero-order valence-corrected chi connectivity index (χ0v) is 14.9. The lowest BCUT2D eigenvalue weighted by atomic mass is 10.1. The molecule has 0 saturated carbocycles. The Balaban J connectivity index is 1.49. The summed E-state index contributed by atoms with van der Waals surface area (Å²) < 4.78 is 7.13. The van der Waals surface area contributed by atoms with Crippen molar-refractivity contribution in [2.24, 2.45) is 7.05 Å². The average Bonchev–Trinajstić information content (AvgIpc) is 3.05. The van der Waals surface area contributed by atoms with Crippen LogP contribution in [0, 0.1) is 0 Å². The lowest BCUT2D eigenvalue weighted by Crippen LogP contribution is -2.37. The molecule has 6 nitrogen and oxygen atoms in total. The van der Waals surface area contributed by atoms with E-state index in [-0.39, 0.29) is 12.6 Å². The van der Waals surface area contributed by atoms with Gasteiger partial charge >= 0.3 is 6.03 Å². The maximum Gasteiger partial charge on any atom is 0.315 e. The van der Waals surface area contributed by atoms with Crippen molar-refractivity contribution in [1.82, 2.24) is 15.2 Å². The molecule has 0 bridgehead atoms. The van der Waals surface area contributed by atoms with Crippen LogP contribution in [0.3, 0.4) is 0 Å². The van der Waals surface area contributed by atoms with Gasteiger partial charge in [-0.15, -0.1) is 0 Å². The number of hydrogen-bond acceptors (Lipinski definition) is 3. The van der Waals surface area contributed by atoms with Crippen LogP contribution in [0.25, 0.3) is 10.9 Å². The molecule has 2 aromatic carbocycles. The van der Waals surface area contributed by atoms with Gasteiger partial charge in [0.1, 0.15) is 5.75 Å². The molecule has 0 fully saturated rings. The topological polar surface area (TPSA) is 75.5 Å². The van der Waals surface area contributed by atoms with Crippen LogP contribution in [0.1, 0.15) is 17.2 Å². The SMILES string of the molecule is COc1ccc(CNC(=O)NCC(O)c2ccc3c(ccn3C)c2)cc1. The average molecular weight is 353 g/mol. The van der Waals surface area contributed by atoms with E-state index in [0.29, 0.717) is 6.54 Å². The number of carbonyl (C=O) groups excluding carboxylic acids is 1. The first-order valence-electron chi connectivity index (χ1n) is 8.44. The van der Waals surface area contributed by atoms with Gasteiger partial charge in [0.05, 0.1) is 13.2 Å². The number of amides is 2. The van der Waals surface area contributed by atoms with Gasteiger partial charge in [-0.1, -0.05) is 18.2 Å². The summed E-state index contributed by atoms with van der Waals surface area (Å²) in [5, 5.41) is 16.8. The molecule has 0 radical (unpaired) electrons. The summed E-state index contributed by atoms with van der Waals surface area (Å²) in [6.07, 6.45) is 1.22. The minimum atomic E-state index is -0.758. The quantitative estimate of drug-likeness (QED) is 0.638. The van der Waals surface area contributed by atoms with E-state index < -0.39 is 6.10 Å². The molecule has 1 unspecified atom stereocenters. The molecular formula is C20H23N3O3. The molecule has 1 heterocycles. The molecule has 0 spiro atoms. The van der Waals surface area contributed by atoms with Gasteiger partial charge in [0.2, 0.25) is 0 Å². The lowest BCUT2D eigenvalue weighted by Gasteiger charge is -2.13. The number of hydrogen-bond donors (Lipinski definition) is 3. The Kier molecular flexibility index (Phi) is 5.43. The minimum absolute atomic E-state index is 0.146. The fraction of sp³-hybridized carbons (Fsp3) is 0.250. The lowest BCUT2D eigenvalue weighted by molar-refractivity contribution is 0.173. The second-order valence-corrected chi connectivity index (χ2v) is 6.17. The number of methoxy groups -OCH3 is 1. The van der Waals surface area contributed by atoms with Crippen molar-refractivity contribution in [3.63, 3.8) is 0 Å². The van der Waals surface area contributed by atoms with Gasteiger partial charge in [0.15, 0.2) is 0 Å². The molecule has 0 aliphatic rings. The van der Waals surface area contributed by atoms with E-state index in [0.717, 1.165) is 27.8 Å². The van der Waals surface area contributed by atoms with Crippen molar-refractivity contribution >= 4 is 16.9 Å². The summed E-state index contributed by atoms with van der Waals surface area (Å²) >= 11 is 0. The predicted molar refractivity (Wildman–Crippen MR) is 101 cm³/mol. The predicted octanol–water partition coefficient (Wildman–Crippen LogP) is 2.72. The summed E-state index contributed by atoms with van der Waals surface area (Å²) in [5.74, 6) is 0.775. The number of nitrogens with one attached hydrogen (secondary N) is 2. The molecule has 136 valence electrons. The number of urea groups is 1. The molecule has 1 atom stereocenters. The van der Waals surface area contributed by atoms with E-state index in [2.05, 4.69) is 10.6 Å². The first kappa shape index (κ1) is 17.8. The molecule has 26 heavy (non-hydrogen) atoms. The fourth-order valence-electron chi connectivity index (χ4n) is 2.80. The van der Waals surface area contributed by atoms with Gasteiger partial charge < -0.3 is 25.0 Å². The Labute approximate surface area is 152 Å². The number of aliphatic hydroxyl groups excluding tert-OH is 1. The second kappa shape index (κ2) is 7.93. The maximum absolute atomic E-state index is 11.9. The van der Waals surface area contributed by atoms with Crippen molar-refractivity contribution in [3.8, 4) is 5.75 Å². The van der Waals surface area contributed by atoms with Crippen LogP contribution in [-0.2, 0) is 13.6 Å². The van der Waals surface area contributed by atoms with Crippen LogP contribution in [-0.4, -0.2) is 29.4 Å². The monoisotopic (exact) mass is 353 g/mol. The standard InChI is InChI=1S/C20H23N3O3/c1-23-10-9-15-11-16(5-8-18(15)23)19(24)13-22-20(25)21-12-14-3-6-17(26-2)7-4-14/h3-11,19,24H,12-13H2,1-2H3,(H2,21,22,25). The molecule has 0 saturated heterocycles. The van der Waals surface area contributed by atoms with E-state index in [1.807, 2.05) is 66.3 Å². The highest BCUT2D eigenvalue weighted by atomic mass is 16.5. The Hall–Kier alpha value is -2.99. The maximum atomic E-state index is 11.9. The highest BCUT2D eigenvalue weighted by Gasteiger charge is 2.11. The van der Waals surface area contributed by atoms with E-state index in [4.69, 9.17) is 4.74 Å². The van der Waals surface area contributed by atoms with Crippen molar-refractivity contribution in [2.45, 2.75) is 12.6 Å². The van der Waals surface area contributed by atoms with E-state index >= 15 is 0 Å². The van der Waals surface area contributed by atoms with Crippen molar-refractivity contribution < 1.29 is 14.6 Å². The number of aliphatic hydroxyl groups is 1. The number of fused-ring (bicyclic) bond motifs is 1. The molecular weight excluding hydrogens is 330 g/mol. The number of nitrogens with zero attached hydrogens (tertiary/aromatic N) is 1. The molecule has 3 rings (SSSR count). The third-order valence-corrected chi connectivity index (χ3v) is 4.36. The van der Waals surface area contributed by atoms with Gasteiger partial charge in [-0.05, 0) is 46.8 Å². The van der Waals surface area contributed by atoms with Crippen LogP contribution < -0.4 is 15.4 Å². The summed E-state index contributed by atoms with van der Waals surface area (Å²) in [5.41, 5.74) is 2.85. The van der Waals surface area contributed by atoms with Crippen molar-refractivity contribution in [1.29, 1.82) is 0 Å². The second-order valence-electron chi connectivity index (χ2n) is 6.17. The van der Waals surface area contributed by atoms with Gasteiger partial charge in [-0.3, -0.25) is 0 Å². The Morgan fingerprint density at radius 3 is 2.65 bits per heavy atom. The number of aryl methyl sites for hydroxylation is 1. The summed E-state index contributed by atoms with van der Waals surface area (Å²) in [4.78, 5) is 11.9. The van der Waals surface area contributed by atoms with Crippen LogP contribution in [0.2, 0.25) is 0 Å². The smallest absolute Gasteiger partial charge is 0.315 e. The molecule has 2 amide bonds. The number of carbonyl (C=O) groups is 1. The molecule has 6 heteroatoms. The summed E-state index contributed by atoms with van der Waals surface area (Å²) in [6.45, 7) is 0.550. The normalized spacial score (nSPS) is 12.0. The van der Waals surface area contributed by atoms with Crippen LogP contribution >= 0.6 is 0 Å². The molecule has 3 N–H and O–H groups in total. The van der Waals surface area contributed by atoms with Crippen LogP contribution in [0.5, 0.6) is 5.75 Å². The van der Waals surface area contributed by atoms with Gasteiger partial charge in [0, 0.05) is 31.9 Å². The fourth-order valence-corrected chi connectivity index (χ4v) is 2.80. The molecule has 0 aliphatic carbocycles. The van der Waals surface area contributed by atoms with Gasteiger partial charge in [-0.2, -0.15) is 0 Å². The summed E-state index contributed by atoms with van der Waals surface area (Å²) in [6, 6.07) is 14.9. The van der Waals surface area contributed by atoms with E-state index in [1.54, 1.807) is 7.11 Å². The van der Waals surface area contributed by atoms with Crippen LogP contribution in [0.15, 0.2) is 54.7 Å². The molecule has 3 aromatic rings. The zero-order chi connectivity index (χ0) is 18.5. The first-order valence-corrected chi connectivity index (χ1v) is 8.44. The van der Waals surface area contributed by atoms with Crippen molar-refractivity contribution in [3.05, 3.63) is 65.9 Å². The minimum Gasteiger partial charge on any atom is -0.497 e. The number of rotatable bonds is 6. The van der Waals surface area contributed by atoms with Crippen LogP contribution in [0.4, 0.5) is 4.79 Å². The van der Waals surface area contributed by atoms with Gasteiger partial charge in [-0.25, -0.2) is 4.79 Å². The third-order valence-electron chi connectivity index (χ3n) is 4.36. The molecule has 1 aromatic heterocycles. The summed E-state index contributed by atoms with van der Waals surface area (Å²) in [7, 11) is 3.59. The van der Waals surface area contributed by atoms with Gasteiger partial charge in [0.25, 0.3) is 0 Å². The Morgan fingerprint density at radius 2 is 1.92 bits per heavy atom. The number of aromatic nitrogens is 1. The van der Waals surface area contributed by atoms with Crippen molar-refractivity contribution in [2.75, 3.05) is 13.7 Å². The van der Waals surface area contributed by atoms with E-state index in [1.165, 1.54) is 0 Å². The highest BCUT2D eigenvalue weighted by Crippen LogP contribution is 2.20. The van der Waals surface area contributed by atoms with E-state index in [9.17, 15) is 9.90 Å². The first-order chi connectivity index (χ1) is 12.6. The largest absolute Gasteiger partial charge is 0.497 e. The number of ether oxygens (including phenoxy) is 1. The molecule has 0 aliphatic heterocycles.